The van der Waals surface area contributed by atoms with E-state index in [9.17, 15) is 8.42 Å². The maximum Gasteiger partial charge on any atom is 0.213 e. The fourth-order valence-electron chi connectivity index (χ4n) is 1.84. The van der Waals surface area contributed by atoms with Crippen LogP contribution in [0.4, 0.5) is 0 Å². The van der Waals surface area contributed by atoms with E-state index in [0.717, 1.165) is 11.4 Å². The molecule has 0 spiro atoms. The number of aromatic nitrogens is 1. The van der Waals surface area contributed by atoms with E-state index in [1.807, 2.05) is 6.20 Å². The lowest BCUT2D eigenvalue weighted by atomic mass is 10.4. The van der Waals surface area contributed by atoms with Gasteiger partial charge in [-0.2, -0.15) is 0 Å². The third-order valence-electron chi connectivity index (χ3n) is 3.36. The molecule has 0 amide bonds. The van der Waals surface area contributed by atoms with E-state index in [1.165, 1.54) is 9.18 Å². The van der Waals surface area contributed by atoms with Gasteiger partial charge in [0.1, 0.15) is 5.01 Å². The van der Waals surface area contributed by atoms with Crippen LogP contribution < -0.4 is 10.6 Å². The van der Waals surface area contributed by atoms with Gasteiger partial charge in [-0.1, -0.05) is 6.92 Å². The van der Waals surface area contributed by atoms with Gasteiger partial charge in [-0.15, -0.1) is 35.3 Å². The van der Waals surface area contributed by atoms with Gasteiger partial charge >= 0.3 is 0 Å². The third kappa shape index (κ3) is 8.08. The Bertz CT molecular complexity index is 604. The molecule has 140 valence electrons. The van der Waals surface area contributed by atoms with Gasteiger partial charge in [0.05, 0.1) is 12.3 Å². The molecule has 0 saturated carbocycles. The van der Waals surface area contributed by atoms with Crippen molar-refractivity contribution in [3.63, 3.8) is 0 Å². The number of guanidine groups is 1. The van der Waals surface area contributed by atoms with Gasteiger partial charge < -0.3 is 10.6 Å². The Morgan fingerprint density at radius 2 is 2.08 bits per heavy atom. The van der Waals surface area contributed by atoms with Gasteiger partial charge in [-0.25, -0.2) is 17.7 Å². The highest BCUT2D eigenvalue weighted by atomic mass is 127. The highest BCUT2D eigenvalue weighted by Crippen LogP contribution is 2.12. The molecule has 1 aromatic rings. The lowest BCUT2D eigenvalue weighted by Gasteiger charge is -2.16. The average molecular weight is 489 g/mol. The first kappa shape index (κ1) is 23.5. The Labute approximate surface area is 166 Å². The summed E-state index contributed by atoms with van der Waals surface area (Å²) in [5, 5.41) is 7.41. The third-order valence-corrected chi connectivity index (χ3v) is 6.37. The fraction of sp³-hybridized carbons (Fsp3) is 0.714. The number of hydrogen-bond donors (Lipinski definition) is 2. The topological polar surface area (TPSA) is 86.7 Å². The fourth-order valence-corrected chi connectivity index (χ4v) is 3.49. The quantitative estimate of drug-likeness (QED) is 0.239. The van der Waals surface area contributed by atoms with Gasteiger partial charge in [-0.3, -0.25) is 4.99 Å². The molecular weight excluding hydrogens is 461 g/mol. The van der Waals surface area contributed by atoms with Crippen LogP contribution in [0.25, 0.3) is 0 Å². The van der Waals surface area contributed by atoms with Crippen LogP contribution in [-0.4, -0.2) is 56.6 Å². The van der Waals surface area contributed by atoms with Crippen LogP contribution in [0, 0.1) is 0 Å². The van der Waals surface area contributed by atoms with E-state index >= 15 is 0 Å². The van der Waals surface area contributed by atoms with Crippen LogP contribution in [0.1, 0.15) is 30.2 Å². The first-order valence-electron chi connectivity index (χ1n) is 7.75. The zero-order valence-corrected chi connectivity index (χ0v) is 18.7. The van der Waals surface area contributed by atoms with E-state index in [-0.39, 0.29) is 29.7 Å². The molecule has 0 aromatic carbocycles. The van der Waals surface area contributed by atoms with Crippen molar-refractivity contribution < 1.29 is 8.42 Å². The second-order valence-corrected chi connectivity index (χ2v) is 8.57. The van der Waals surface area contributed by atoms with Crippen molar-refractivity contribution in [1.29, 1.82) is 0 Å². The van der Waals surface area contributed by atoms with Crippen molar-refractivity contribution in [2.75, 3.05) is 32.9 Å². The Hall–Kier alpha value is -0.460. The molecule has 7 nitrogen and oxygen atoms in total. The predicted octanol–water partition coefficient (Wildman–Crippen LogP) is 1.66. The van der Waals surface area contributed by atoms with Gasteiger partial charge in [0.15, 0.2) is 5.96 Å². The molecule has 24 heavy (non-hydrogen) atoms. The summed E-state index contributed by atoms with van der Waals surface area (Å²) in [5.74, 6) is 0.826. The largest absolute Gasteiger partial charge is 0.356 e. The standard InChI is InChI=1S/C14H27N5O2S2.HI/c1-5-12-10-17-13(22-12)11-18-14(15-3)16-8-7-9-19(4)23(20,21)6-2;/h10H,5-9,11H2,1-4H3,(H2,15,16,18);1H. The summed E-state index contributed by atoms with van der Waals surface area (Å²) in [6.07, 6.45) is 3.62. The normalized spacial score (nSPS) is 12.1. The first-order valence-corrected chi connectivity index (χ1v) is 10.2. The number of sulfonamides is 1. The second-order valence-electron chi connectivity index (χ2n) is 5.00. The molecule has 0 aliphatic rings. The number of hydrogen-bond acceptors (Lipinski definition) is 5. The summed E-state index contributed by atoms with van der Waals surface area (Å²) in [6.45, 7) is 5.54. The van der Waals surface area contributed by atoms with Crippen molar-refractivity contribution in [3.05, 3.63) is 16.1 Å². The Kier molecular flexibility index (Phi) is 11.8. The lowest BCUT2D eigenvalue weighted by molar-refractivity contribution is 0.461. The summed E-state index contributed by atoms with van der Waals surface area (Å²) in [7, 11) is 0.223. The van der Waals surface area contributed by atoms with Crippen molar-refractivity contribution in [3.8, 4) is 0 Å². The Morgan fingerprint density at radius 1 is 1.38 bits per heavy atom. The van der Waals surface area contributed by atoms with Gasteiger partial charge in [0, 0.05) is 38.3 Å². The molecule has 0 radical (unpaired) electrons. The molecule has 2 N–H and O–H groups in total. The minimum Gasteiger partial charge on any atom is -0.356 e. The smallest absolute Gasteiger partial charge is 0.213 e. The van der Waals surface area contributed by atoms with Crippen molar-refractivity contribution in [1.82, 2.24) is 19.9 Å². The minimum atomic E-state index is -3.10. The van der Waals surface area contributed by atoms with E-state index in [2.05, 4.69) is 27.5 Å². The van der Waals surface area contributed by atoms with Crippen molar-refractivity contribution in [2.24, 2.45) is 4.99 Å². The highest BCUT2D eigenvalue weighted by molar-refractivity contribution is 14.0. The number of nitrogens with zero attached hydrogens (tertiary/aromatic N) is 3. The summed E-state index contributed by atoms with van der Waals surface area (Å²) in [5.41, 5.74) is 0. The molecule has 10 heteroatoms. The second kappa shape index (κ2) is 12.0. The van der Waals surface area contributed by atoms with Crippen LogP contribution in [0.2, 0.25) is 0 Å². The lowest BCUT2D eigenvalue weighted by Crippen LogP contribution is -2.38. The Morgan fingerprint density at radius 3 is 2.62 bits per heavy atom. The number of aliphatic imine (C=N–C) groups is 1. The SMILES string of the molecule is CCc1cnc(CNC(=NC)NCCCN(C)S(=O)(=O)CC)s1.I. The van der Waals surface area contributed by atoms with Gasteiger partial charge in [-0.05, 0) is 19.8 Å². The summed E-state index contributed by atoms with van der Waals surface area (Å²) < 4.78 is 24.7. The van der Waals surface area contributed by atoms with Crippen LogP contribution >= 0.6 is 35.3 Å². The van der Waals surface area contributed by atoms with E-state index in [4.69, 9.17) is 0 Å². The molecule has 0 saturated heterocycles. The summed E-state index contributed by atoms with van der Waals surface area (Å²) in [6, 6.07) is 0. The molecule has 0 unspecified atom stereocenters. The maximum atomic E-state index is 11.6. The van der Waals surface area contributed by atoms with Crippen LogP contribution in [0.15, 0.2) is 11.2 Å². The molecular formula is C14H28IN5O2S2. The molecule has 0 bridgehead atoms. The predicted molar refractivity (Wildman–Crippen MR) is 112 cm³/mol. The van der Waals surface area contributed by atoms with E-state index in [0.29, 0.717) is 32.0 Å². The average Bonchev–Trinajstić information content (AvgIpc) is 3.01. The van der Waals surface area contributed by atoms with E-state index in [1.54, 1.807) is 32.4 Å². The molecule has 0 fully saturated rings. The van der Waals surface area contributed by atoms with Gasteiger partial charge in [0.2, 0.25) is 10.0 Å². The molecule has 1 heterocycles. The monoisotopic (exact) mass is 489 g/mol. The molecule has 0 atom stereocenters. The molecule has 0 aliphatic heterocycles. The van der Waals surface area contributed by atoms with Crippen molar-refractivity contribution in [2.45, 2.75) is 33.2 Å². The van der Waals surface area contributed by atoms with Gasteiger partial charge in [0.25, 0.3) is 0 Å². The molecule has 1 rings (SSSR count). The van der Waals surface area contributed by atoms with Crippen LogP contribution in [0.3, 0.4) is 0 Å². The van der Waals surface area contributed by atoms with Crippen molar-refractivity contribution >= 4 is 51.3 Å². The number of aryl methyl sites for hydroxylation is 1. The van der Waals surface area contributed by atoms with E-state index < -0.39 is 10.0 Å². The number of halogens is 1. The number of nitrogens with one attached hydrogen (secondary N) is 2. The van der Waals surface area contributed by atoms with Crippen LogP contribution in [-0.2, 0) is 23.0 Å². The van der Waals surface area contributed by atoms with Crippen LogP contribution in [0.5, 0.6) is 0 Å². The zero-order valence-electron chi connectivity index (χ0n) is 14.7. The molecule has 0 aliphatic carbocycles. The zero-order chi connectivity index (χ0) is 17.3. The highest BCUT2D eigenvalue weighted by Gasteiger charge is 2.13. The number of rotatable bonds is 9. The molecule has 1 aromatic heterocycles. The minimum absolute atomic E-state index is 0. The summed E-state index contributed by atoms with van der Waals surface area (Å²) >= 11 is 1.69. The maximum absolute atomic E-state index is 11.6. The summed E-state index contributed by atoms with van der Waals surface area (Å²) in [4.78, 5) is 9.77. The number of thiazole rings is 1. The first-order chi connectivity index (χ1) is 10.9. The Balaban J connectivity index is 0.00000529.